The molecule has 0 saturated carbocycles. The van der Waals surface area contributed by atoms with Crippen molar-refractivity contribution in [1.82, 2.24) is 10.2 Å². The van der Waals surface area contributed by atoms with Gasteiger partial charge in [0.2, 0.25) is 0 Å². The number of H-pyrrole nitrogens is 1. The largest absolute Gasteiger partial charge is 0.305 e. The van der Waals surface area contributed by atoms with Crippen LogP contribution in [0.25, 0.3) is 0 Å². The van der Waals surface area contributed by atoms with E-state index >= 15 is 0 Å². The molecule has 0 aliphatic carbocycles. The van der Waals surface area contributed by atoms with Gasteiger partial charge in [-0.05, 0) is 40.5 Å². The van der Waals surface area contributed by atoms with Gasteiger partial charge in [-0.3, -0.25) is 9.89 Å². The molecular formula is C13H13BrFN3O. The standard InChI is InChI=1S/C13H13BrFN3O/c1-2-3-9-7-12(18-17-9)16-13(19)10-5-4-8(15)6-11(10)14/h4-7H,2-3H2,1H3,(H2,16,17,18,19). The molecule has 2 aromatic rings. The molecule has 0 radical (unpaired) electrons. The smallest absolute Gasteiger partial charge is 0.258 e. The van der Waals surface area contributed by atoms with Gasteiger partial charge in [0.25, 0.3) is 5.91 Å². The molecule has 100 valence electrons. The fourth-order valence-corrected chi connectivity index (χ4v) is 2.21. The van der Waals surface area contributed by atoms with Crippen LogP contribution in [0.3, 0.4) is 0 Å². The highest BCUT2D eigenvalue weighted by atomic mass is 79.9. The summed E-state index contributed by atoms with van der Waals surface area (Å²) in [5, 5.41) is 9.52. The summed E-state index contributed by atoms with van der Waals surface area (Å²) in [6, 6.07) is 5.71. The molecule has 0 saturated heterocycles. The molecule has 1 heterocycles. The second-order valence-corrected chi connectivity index (χ2v) is 4.96. The molecule has 1 aromatic heterocycles. The lowest BCUT2D eigenvalue weighted by Crippen LogP contribution is -2.12. The molecule has 2 N–H and O–H groups in total. The SMILES string of the molecule is CCCc1cc(NC(=O)c2ccc(F)cc2Br)n[nH]1. The zero-order chi connectivity index (χ0) is 13.8. The summed E-state index contributed by atoms with van der Waals surface area (Å²) in [5.74, 6) is -0.264. The van der Waals surface area contributed by atoms with E-state index in [-0.39, 0.29) is 5.91 Å². The van der Waals surface area contributed by atoms with Crippen LogP contribution in [0.4, 0.5) is 10.2 Å². The van der Waals surface area contributed by atoms with Gasteiger partial charge in [0.05, 0.1) is 5.56 Å². The lowest BCUT2D eigenvalue weighted by atomic mass is 10.2. The van der Waals surface area contributed by atoms with E-state index in [0.29, 0.717) is 15.9 Å². The third-order valence-electron chi connectivity index (χ3n) is 2.57. The monoisotopic (exact) mass is 325 g/mol. The first-order chi connectivity index (χ1) is 9.10. The first-order valence-electron chi connectivity index (χ1n) is 5.91. The summed E-state index contributed by atoms with van der Waals surface area (Å²) in [6.45, 7) is 2.06. The van der Waals surface area contributed by atoms with E-state index in [9.17, 15) is 9.18 Å². The molecule has 0 spiro atoms. The molecule has 1 amide bonds. The Hall–Kier alpha value is -1.69. The maximum absolute atomic E-state index is 12.9. The van der Waals surface area contributed by atoms with Gasteiger partial charge in [0.1, 0.15) is 5.82 Å². The van der Waals surface area contributed by atoms with Crippen LogP contribution >= 0.6 is 15.9 Å². The molecule has 0 bridgehead atoms. The van der Waals surface area contributed by atoms with Crippen molar-refractivity contribution in [1.29, 1.82) is 0 Å². The number of hydrogen-bond acceptors (Lipinski definition) is 2. The molecule has 0 fully saturated rings. The van der Waals surface area contributed by atoms with Gasteiger partial charge in [-0.15, -0.1) is 0 Å². The second kappa shape index (κ2) is 5.97. The van der Waals surface area contributed by atoms with Crippen molar-refractivity contribution in [2.24, 2.45) is 0 Å². The molecule has 19 heavy (non-hydrogen) atoms. The number of anilines is 1. The molecule has 1 aromatic carbocycles. The van der Waals surface area contributed by atoms with Crippen molar-refractivity contribution in [2.45, 2.75) is 19.8 Å². The Balaban J connectivity index is 2.11. The molecule has 4 nitrogen and oxygen atoms in total. The number of aryl methyl sites for hydroxylation is 1. The molecule has 0 unspecified atom stereocenters. The zero-order valence-electron chi connectivity index (χ0n) is 10.3. The number of aromatic nitrogens is 2. The number of halogens is 2. The minimum atomic E-state index is -0.395. The van der Waals surface area contributed by atoms with Crippen LogP contribution in [0.5, 0.6) is 0 Å². The third-order valence-corrected chi connectivity index (χ3v) is 3.22. The minimum absolute atomic E-state index is 0.332. The zero-order valence-corrected chi connectivity index (χ0v) is 11.9. The highest BCUT2D eigenvalue weighted by Crippen LogP contribution is 2.19. The third kappa shape index (κ3) is 3.41. The van der Waals surface area contributed by atoms with Crippen molar-refractivity contribution < 1.29 is 9.18 Å². The van der Waals surface area contributed by atoms with Crippen molar-refractivity contribution in [3.8, 4) is 0 Å². The van der Waals surface area contributed by atoms with E-state index in [1.165, 1.54) is 18.2 Å². The number of carbonyl (C=O) groups is 1. The number of aromatic amines is 1. The fourth-order valence-electron chi connectivity index (χ4n) is 1.68. The van der Waals surface area contributed by atoms with Crippen molar-refractivity contribution in [3.63, 3.8) is 0 Å². The summed E-state index contributed by atoms with van der Waals surface area (Å²) in [5.41, 5.74) is 1.33. The summed E-state index contributed by atoms with van der Waals surface area (Å²) in [4.78, 5) is 12.0. The molecule has 0 aliphatic heterocycles. The summed E-state index contributed by atoms with van der Waals surface area (Å²) in [7, 11) is 0. The summed E-state index contributed by atoms with van der Waals surface area (Å²) < 4.78 is 13.4. The van der Waals surface area contributed by atoms with Crippen LogP contribution in [-0.4, -0.2) is 16.1 Å². The van der Waals surface area contributed by atoms with Crippen LogP contribution in [0.15, 0.2) is 28.7 Å². The van der Waals surface area contributed by atoms with Gasteiger partial charge in [-0.1, -0.05) is 13.3 Å². The number of carbonyl (C=O) groups excluding carboxylic acids is 1. The van der Waals surface area contributed by atoms with E-state index in [1.807, 2.05) is 0 Å². The predicted molar refractivity (Wildman–Crippen MR) is 74.6 cm³/mol. The number of amides is 1. The van der Waals surface area contributed by atoms with Gasteiger partial charge >= 0.3 is 0 Å². The number of hydrogen-bond donors (Lipinski definition) is 2. The average Bonchev–Trinajstić information content (AvgIpc) is 2.76. The van der Waals surface area contributed by atoms with E-state index in [2.05, 4.69) is 38.4 Å². The lowest BCUT2D eigenvalue weighted by molar-refractivity contribution is 0.102. The van der Waals surface area contributed by atoms with Crippen LogP contribution < -0.4 is 5.32 Å². The Kier molecular flexibility index (Phi) is 4.31. The Labute approximate surface area is 118 Å². The fraction of sp³-hybridized carbons (Fsp3) is 0.231. The summed E-state index contributed by atoms with van der Waals surface area (Å²) >= 11 is 3.16. The van der Waals surface area contributed by atoms with Gasteiger partial charge in [0, 0.05) is 16.2 Å². The average molecular weight is 326 g/mol. The van der Waals surface area contributed by atoms with Crippen LogP contribution in [-0.2, 0) is 6.42 Å². The molecule has 2 rings (SSSR count). The van der Waals surface area contributed by atoms with Crippen molar-refractivity contribution >= 4 is 27.7 Å². The van der Waals surface area contributed by atoms with E-state index in [0.717, 1.165) is 18.5 Å². The van der Waals surface area contributed by atoms with Crippen molar-refractivity contribution in [2.75, 3.05) is 5.32 Å². The van der Waals surface area contributed by atoms with E-state index < -0.39 is 5.82 Å². The first kappa shape index (κ1) is 13.7. The molecule has 0 atom stereocenters. The quantitative estimate of drug-likeness (QED) is 0.903. The van der Waals surface area contributed by atoms with Crippen molar-refractivity contribution in [3.05, 3.63) is 45.8 Å². The molecular weight excluding hydrogens is 313 g/mol. The first-order valence-corrected chi connectivity index (χ1v) is 6.70. The van der Waals surface area contributed by atoms with Gasteiger partial charge < -0.3 is 5.32 Å². The van der Waals surface area contributed by atoms with Gasteiger partial charge in [-0.25, -0.2) is 4.39 Å². The van der Waals surface area contributed by atoms with E-state index in [4.69, 9.17) is 0 Å². The second-order valence-electron chi connectivity index (χ2n) is 4.11. The topological polar surface area (TPSA) is 57.8 Å². The Morgan fingerprint density at radius 3 is 2.95 bits per heavy atom. The maximum Gasteiger partial charge on any atom is 0.258 e. The Morgan fingerprint density at radius 2 is 2.26 bits per heavy atom. The van der Waals surface area contributed by atoms with Crippen LogP contribution in [0.1, 0.15) is 29.4 Å². The maximum atomic E-state index is 12.9. The highest BCUT2D eigenvalue weighted by molar-refractivity contribution is 9.10. The number of rotatable bonds is 4. The lowest BCUT2D eigenvalue weighted by Gasteiger charge is -2.04. The van der Waals surface area contributed by atoms with Gasteiger partial charge in [-0.2, -0.15) is 5.10 Å². The van der Waals surface area contributed by atoms with Gasteiger partial charge in [0.15, 0.2) is 5.82 Å². The Morgan fingerprint density at radius 1 is 1.47 bits per heavy atom. The normalized spacial score (nSPS) is 10.5. The van der Waals surface area contributed by atoms with Crippen LogP contribution in [0.2, 0.25) is 0 Å². The molecule has 0 aliphatic rings. The number of nitrogens with one attached hydrogen (secondary N) is 2. The van der Waals surface area contributed by atoms with E-state index in [1.54, 1.807) is 6.07 Å². The van der Waals surface area contributed by atoms with Crippen LogP contribution in [0, 0.1) is 5.82 Å². The Bertz CT molecular complexity index is 597. The molecule has 6 heteroatoms. The highest BCUT2D eigenvalue weighted by Gasteiger charge is 2.12. The summed E-state index contributed by atoms with van der Waals surface area (Å²) in [6.07, 6.45) is 1.88. The predicted octanol–water partition coefficient (Wildman–Crippen LogP) is 3.52. The number of benzene rings is 1. The minimum Gasteiger partial charge on any atom is -0.305 e. The number of nitrogens with zero attached hydrogens (tertiary/aromatic N) is 1.